The van der Waals surface area contributed by atoms with Gasteiger partial charge in [0.1, 0.15) is 5.82 Å². The first-order valence-electron chi connectivity index (χ1n) is 6.58. The van der Waals surface area contributed by atoms with E-state index in [0.717, 1.165) is 31.4 Å². The maximum atomic E-state index is 13.2. The Morgan fingerprint density at radius 1 is 1.20 bits per heavy atom. The molecule has 1 saturated carbocycles. The number of aliphatic hydroxyl groups is 1. The quantitative estimate of drug-likeness (QED) is 0.883. The van der Waals surface area contributed by atoms with Crippen LogP contribution in [-0.2, 0) is 0 Å². The molecular weight excluding hydrogens is 264 g/mol. The number of rotatable bonds is 5. The molecule has 0 radical (unpaired) electrons. The Morgan fingerprint density at radius 3 is 2.55 bits per heavy atom. The van der Waals surface area contributed by atoms with Gasteiger partial charge in [-0.1, -0.05) is 0 Å². The number of aromatic nitrogens is 2. The standard InChI is InChI=1S/C14H15F2N3O/c15-9-5-11-12(6-10(9)16)19-13(7-17-11)18-8-14(1-2-14)3-4-20/h5-7,20H,1-4,8H2,(H,18,19). The number of anilines is 1. The van der Waals surface area contributed by atoms with Gasteiger partial charge in [0, 0.05) is 25.3 Å². The molecule has 1 aliphatic carbocycles. The topological polar surface area (TPSA) is 58.0 Å². The number of fused-ring (bicyclic) bond motifs is 1. The fourth-order valence-corrected chi connectivity index (χ4v) is 2.30. The molecule has 0 bridgehead atoms. The molecule has 20 heavy (non-hydrogen) atoms. The molecular formula is C14H15F2N3O. The molecule has 0 spiro atoms. The van der Waals surface area contributed by atoms with E-state index >= 15 is 0 Å². The van der Waals surface area contributed by atoms with Gasteiger partial charge in [-0.2, -0.15) is 0 Å². The van der Waals surface area contributed by atoms with Crippen LogP contribution in [0.4, 0.5) is 14.6 Å². The number of aliphatic hydroxyl groups excluding tert-OH is 1. The largest absolute Gasteiger partial charge is 0.396 e. The second-order valence-electron chi connectivity index (χ2n) is 5.34. The molecule has 1 fully saturated rings. The molecule has 0 amide bonds. The maximum Gasteiger partial charge on any atom is 0.161 e. The highest BCUT2D eigenvalue weighted by atomic mass is 19.2. The van der Waals surface area contributed by atoms with E-state index < -0.39 is 11.6 Å². The number of nitrogens with one attached hydrogen (secondary N) is 1. The van der Waals surface area contributed by atoms with E-state index in [1.165, 1.54) is 6.20 Å². The van der Waals surface area contributed by atoms with Crippen LogP contribution in [0.25, 0.3) is 11.0 Å². The zero-order valence-electron chi connectivity index (χ0n) is 10.9. The molecule has 106 valence electrons. The monoisotopic (exact) mass is 279 g/mol. The van der Waals surface area contributed by atoms with Crippen molar-refractivity contribution in [1.29, 1.82) is 0 Å². The van der Waals surface area contributed by atoms with E-state index in [1.807, 2.05) is 0 Å². The van der Waals surface area contributed by atoms with Gasteiger partial charge in [-0.05, 0) is 24.7 Å². The highest BCUT2D eigenvalue weighted by Gasteiger charge is 2.41. The van der Waals surface area contributed by atoms with Crippen LogP contribution >= 0.6 is 0 Å². The minimum absolute atomic E-state index is 0.152. The number of nitrogens with zero attached hydrogens (tertiary/aromatic N) is 2. The van der Waals surface area contributed by atoms with Gasteiger partial charge in [0.15, 0.2) is 11.6 Å². The maximum absolute atomic E-state index is 13.2. The third kappa shape index (κ3) is 2.56. The summed E-state index contributed by atoms with van der Waals surface area (Å²) < 4.78 is 26.2. The Morgan fingerprint density at radius 2 is 1.90 bits per heavy atom. The molecule has 1 aliphatic rings. The summed E-state index contributed by atoms with van der Waals surface area (Å²) in [5.41, 5.74) is 0.797. The van der Waals surface area contributed by atoms with Crippen molar-refractivity contribution in [3.8, 4) is 0 Å². The summed E-state index contributed by atoms with van der Waals surface area (Å²) in [6.45, 7) is 0.882. The van der Waals surface area contributed by atoms with Gasteiger partial charge < -0.3 is 10.4 Å². The van der Waals surface area contributed by atoms with Crippen molar-refractivity contribution in [2.24, 2.45) is 5.41 Å². The molecule has 3 rings (SSSR count). The zero-order valence-corrected chi connectivity index (χ0v) is 10.9. The van der Waals surface area contributed by atoms with Gasteiger partial charge in [0.25, 0.3) is 0 Å². The molecule has 0 aliphatic heterocycles. The average molecular weight is 279 g/mol. The lowest BCUT2D eigenvalue weighted by molar-refractivity contribution is 0.253. The predicted octanol–water partition coefficient (Wildman–Crippen LogP) is 2.48. The van der Waals surface area contributed by atoms with Crippen LogP contribution in [0.1, 0.15) is 19.3 Å². The Hall–Kier alpha value is -1.82. The van der Waals surface area contributed by atoms with Gasteiger partial charge in [-0.25, -0.2) is 13.8 Å². The Kier molecular flexibility index (Phi) is 3.25. The molecule has 0 atom stereocenters. The lowest BCUT2D eigenvalue weighted by Gasteiger charge is -2.14. The Bertz CT molecular complexity index is 644. The first kappa shape index (κ1) is 13.2. The van der Waals surface area contributed by atoms with Crippen molar-refractivity contribution in [3.63, 3.8) is 0 Å². The summed E-state index contributed by atoms with van der Waals surface area (Å²) in [7, 11) is 0. The second kappa shape index (κ2) is 4.94. The second-order valence-corrected chi connectivity index (χ2v) is 5.34. The van der Waals surface area contributed by atoms with Crippen LogP contribution in [0.5, 0.6) is 0 Å². The van der Waals surface area contributed by atoms with Crippen molar-refractivity contribution in [2.45, 2.75) is 19.3 Å². The van der Waals surface area contributed by atoms with Crippen LogP contribution in [0.3, 0.4) is 0 Å². The van der Waals surface area contributed by atoms with E-state index in [0.29, 0.717) is 23.4 Å². The van der Waals surface area contributed by atoms with Crippen LogP contribution in [0.2, 0.25) is 0 Å². The van der Waals surface area contributed by atoms with E-state index in [9.17, 15) is 8.78 Å². The molecule has 6 heteroatoms. The lowest BCUT2D eigenvalue weighted by Crippen LogP contribution is -2.17. The van der Waals surface area contributed by atoms with Gasteiger partial charge in [-0.3, -0.25) is 4.98 Å². The number of hydrogen-bond donors (Lipinski definition) is 2. The summed E-state index contributed by atoms with van der Waals surface area (Å²) in [5.74, 6) is -1.32. The molecule has 4 nitrogen and oxygen atoms in total. The van der Waals surface area contributed by atoms with Gasteiger partial charge in [0.2, 0.25) is 0 Å². The number of hydrogen-bond acceptors (Lipinski definition) is 4. The molecule has 1 heterocycles. The minimum Gasteiger partial charge on any atom is -0.396 e. The minimum atomic E-state index is -0.928. The summed E-state index contributed by atoms with van der Waals surface area (Å²) in [4.78, 5) is 8.29. The number of halogens is 2. The van der Waals surface area contributed by atoms with Crippen molar-refractivity contribution < 1.29 is 13.9 Å². The fourth-order valence-electron chi connectivity index (χ4n) is 2.30. The fraction of sp³-hybridized carbons (Fsp3) is 0.429. The Labute approximate surface area is 114 Å². The molecule has 2 N–H and O–H groups in total. The first-order chi connectivity index (χ1) is 9.62. The normalized spacial score (nSPS) is 16.4. The van der Waals surface area contributed by atoms with Crippen molar-refractivity contribution in [1.82, 2.24) is 9.97 Å². The van der Waals surface area contributed by atoms with E-state index in [-0.39, 0.29) is 12.0 Å². The van der Waals surface area contributed by atoms with Crippen LogP contribution in [-0.4, -0.2) is 28.2 Å². The predicted molar refractivity (Wildman–Crippen MR) is 71.3 cm³/mol. The van der Waals surface area contributed by atoms with E-state index in [4.69, 9.17) is 5.11 Å². The highest BCUT2D eigenvalue weighted by molar-refractivity contribution is 5.75. The average Bonchev–Trinajstić information content (AvgIpc) is 3.19. The van der Waals surface area contributed by atoms with E-state index in [1.54, 1.807) is 0 Å². The van der Waals surface area contributed by atoms with Crippen molar-refractivity contribution in [3.05, 3.63) is 30.0 Å². The summed E-state index contributed by atoms with van der Waals surface area (Å²) >= 11 is 0. The van der Waals surface area contributed by atoms with Gasteiger partial charge in [0.05, 0.1) is 17.2 Å². The highest BCUT2D eigenvalue weighted by Crippen LogP contribution is 2.48. The van der Waals surface area contributed by atoms with Gasteiger partial charge >= 0.3 is 0 Å². The summed E-state index contributed by atoms with van der Waals surface area (Å²) in [6, 6.07) is 2.08. The first-order valence-corrected chi connectivity index (χ1v) is 6.58. The molecule has 1 aromatic carbocycles. The Balaban J connectivity index is 1.77. The molecule has 0 unspecified atom stereocenters. The van der Waals surface area contributed by atoms with Crippen molar-refractivity contribution in [2.75, 3.05) is 18.5 Å². The number of benzene rings is 1. The smallest absolute Gasteiger partial charge is 0.161 e. The van der Waals surface area contributed by atoms with E-state index in [2.05, 4.69) is 15.3 Å². The molecule has 1 aromatic heterocycles. The summed E-state index contributed by atoms with van der Waals surface area (Å²) in [5, 5.41) is 12.2. The zero-order chi connectivity index (χ0) is 14.2. The third-order valence-electron chi connectivity index (χ3n) is 3.83. The van der Waals surface area contributed by atoms with Crippen LogP contribution in [0, 0.1) is 17.0 Å². The molecule has 0 saturated heterocycles. The van der Waals surface area contributed by atoms with Gasteiger partial charge in [-0.15, -0.1) is 0 Å². The third-order valence-corrected chi connectivity index (χ3v) is 3.83. The van der Waals surface area contributed by atoms with Crippen LogP contribution in [0.15, 0.2) is 18.3 Å². The lowest BCUT2D eigenvalue weighted by atomic mass is 10.0. The molecule has 2 aromatic rings. The van der Waals surface area contributed by atoms with Crippen molar-refractivity contribution >= 4 is 16.9 Å². The van der Waals surface area contributed by atoms with Crippen LogP contribution < -0.4 is 5.32 Å². The SMILES string of the molecule is OCCC1(CNc2cnc3cc(F)c(F)cc3n2)CC1. The summed E-state index contributed by atoms with van der Waals surface area (Å²) in [6.07, 6.45) is 4.44.